The van der Waals surface area contributed by atoms with E-state index in [-0.39, 0.29) is 23.5 Å². The van der Waals surface area contributed by atoms with Gasteiger partial charge in [-0.15, -0.1) is 0 Å². The Kier molecular flexibility index (Phi) is 5.19. The van der Waals surface area contributed by atoms with Crippen molar-refractivity contribution in [2.24, 2.45) is 0 Å². The SMILES string of the molecule is Cc1cc2c(c(F)n1)-c1cc(C)nn1CC(=O)N2CC(=O)Nc1ccc(C(F)(F)F)cc1. The molecule has 2 aromatic heterocycles. The summed E-state index contributed by atoms with van der Waals surface area (Å²) in [6.07, 6.45) is -4.50. The molecule has 1 aliphatic heterocycles. The Morgan fingerprint density at radius 2 is 1.81 bits per heavy atom. The Balaban J connectivity index is 1.64. The van der Waals surface area contributed by atoms with Gasteiger partial charge in [-0.2, -0.15) is 22.7 Å². The van der Waals surface area contributed by atoms with Crippen molar-refractivity contribution >= 4 is 23.2 Å². The first-order chi connectivity index (χ1) is 15.0. The standard InChI is InChI=1S/C21H17F4N5O2/c1-11-7-15-19(20(22)26-11)16-8-12(2)28-30(16)10-18(32)29(15)9-17(31)27-14-5-3-13(4-6-14)21(23,24)25/h3-8H,9-10H2,1-2H3,(H,27,31). The minimum absolute atomic E-state index is 0.0457. The highest BCUT2D eigenvalue weighted by atomic mass is 19.4. The lowest BCUT2D eigenvalue weighted by atomic mass is 10.1. The predicted octanol–water partition coefficient (Wildman–Crippen LogP) is 3.71. The molecule has 3 heterocycles. The van der Waals surface area contributed by atoms with Gasteiger partial charge in [-0.25, -0.2) is 4.98 Å². The third-order valence-corrected chi connectivity index (χ3v) is 4.92. The average molecular weight is 447 g/mol. The summed E-state index contributed by atoms with van der Waals surface area (Å²) in [6, 6.07) is 7.04. The molecular formula is C21H17F4N5O2. The lowest BCUT2D eigenvalue weighted by Gasteiger charge is -2.22. The van der Waals surface area contributed by atoms with Crippen LogP contribution in [0, 0.1) is 19.8 Å². The summed E-state index contributed by atoms with van der Waals surface area (Å²) in [5, 5.41) is 6.68. The van der Waals surface area contributed by atoms with Crippen molar-refractivity contribution < 1.29 is 27.2 Å². The maximum absolute atomic E-state index is 14.8. The second-order valence-electron chi connectivity index (χ2n) is 7.38. The van der Waals surface area contributed by atoms with Gasteiger partial charge in [0.2, 0.25) is 17.8 Å². The van der Waals surface area contributed by atoms with E-state index in [4.69, 9.17) is 0 Å². The first kappa shape index (κ1) is 21.5. The third-order valence-electron chi connectivity index (χ3n) is 4.92. The Morgan fingerprint density at radius 3 is 2.47 bits per heavy atom. The third kappa shape index (κ3) is 4.05. The van der Waals surface area contributed by atoms with Crippen LogP contribution in [0.5, 0.6) is 0 Å². The highest BCUT2D eigenvalue weighted by Gasteiger charge is 2.32. The van der Waals surface area contributed by atoms with Gasteiger partial charge in [-0.3, -0.25) is 14.3 Å². The molecule has 4 rings (SSSR count). The number of fused-ring (bicyclic) bond motifs is 3. The van der Waals surface area contributed by atoms with Crippen LogP contribution < -0.4 is 10.2 Å². The summed E-state index contributed by atoms with van der Waals surface area (Å²) in [7, 11) is 0. The van der Waals surface area contributed by atoms with Crippen molar-refractivity contribution in [1.29, 1.82) is 0 Å². The smallest absolute Gasteiger partial charge is 0.325 e. The number of pyridine rings is 1. The number of amides is 2. The molecule has 2 amide bonds. The number of aryl methyl sites for hydroxylation is 2. The van der Waals surface area contributed by atoms with Crippen LogP contribution in [-0.2, 0) is 22.3 Å². The lowest BCUT2D eigenvalue weighted by Crippen LogP contribution is -2.39. The fourth-order valence-corrected chi connectivity index (χ4v) is 3.54. The van der Waals surface area contributed by atoms with Crippen LogP contribution in [0.4, 0.5) is 28.9 Å². The van der Waals surface area contributed by atoms with Crippen molar-refractivity contribution in [3.05, 3.63) is 59.3 Å². The molecule has 0 fully saturated rings. The fourth-order valence-electron chi connectivity index (χ4n) is 3.54. The van der Waals surface area contributed by atoms with Gasteiger partial charge < -0.3 is 10.2 Å². The minimum atomic E-state index is -4.50. The number of nitrogens with one attached hydrogen (secondary N) is 1. The van der Waals surface area contributed by atoms with E-state index in [0.29, 0.717) is 17.1 Å². The number of alkyl halides is 3. The maximum atomic E-state index is 14.8. The number of anilines is 2. The molecule has 0 spiro atoms. The largest absolute Gasteiger partial charge is 0.416 e. The minimum Gasteiger partial charge on any atom is -0.325 e. The number of benzene rings is 1. The van der Waals surface area contributed by atoms with Gasteiger partial charge in [0.05, 0.1) is 28.2 Å². The summed E-state index contributed by atoms with van der Waals surface area (Å²) < 4.78 is 54.3. The van der Waals surface area contributed by atoms with E-state index < -0.39 is 36.0 Å². The topological polar surface area (TPSA) is 80.1 Å². The van der Waals surface area contributed by atoms with Crippen molar-refractivity contribution in [3.63, 3.8) is 0 Å². The Morgan fingerprint density at radius 1 is 1.12 bits per heavy atom. The number of aromatic nitrogens is 3. The quantitative estimate of drug-likeness (QED) is 0.491. The number of carbonyl (C=O) groups excluding carboxylic acids is 2. The average Bonchev–Trinajstić information content (AvgIpc) is 3.00. The predicted molar refractivity (Wildman–Crippen MR) is 107 cm³/mol. The summed E-state index contributed by atoms with van der Waals surface area (Å²) >= 11 is 0. The van der Waals surface area contributed by atoms with Gasteiger partial charge in [0.1, 0.15) is 13.1 Å². The molecule has 11 heteroatoms. The van der Waals surface area contributed by atoms with Gasteiger partial charge in [0.25, 0.3) is 0 Å². The number of nitrogens with zero attached hydrogens (tertiary/aromatic N) is 4. The van der Waals surface area contributed by atoms with Crippen LogP contribution in [-0.4, -0.2) is 33.1 Å². The number of carbonyl (C=O) groups is 2. The van der Waals surface area contributed by atoms with E-state index in [1.54, 1.807) is 19.9 Å². The number of hydrogen-bond acceptors (Lipinski definition) is 4. The molecule has 1 N–H and O–H groups in total. The Bertz CT molecular complexity index is 1220. The molecule has 0 aliphatic carbocycles. The van der Waals surface area contributed by atoms with Crippen LogP contribution in [0.15, 0.2) is 36.4 Å². The Labute approximate surface area is 179 Å². The van der Waals surface area contributed by atoms with Gasteiger partial charge in [0.15, 0.2) is 0 Å². The molecule has 0 radical (unpaired) electrons. The molecule has 7 nitrogen and oxygen atoms in total. The van der Waals surface area contributed by atoms with Gasteiger partial charge in [-0.1, -0.05) is 0 Å². The van der Waals surface area contributed by atoms with Crippen LogP contribution in [0.3, 0.4) is 0 Å². The molecule has 1 aliphatic rings. The van der Waals surface area contributed by atoms with Gasteiger partial charge >= 0.3 is 6.18 Å². The molecule has 0 unspecified atom stereocenters. The molecular weight excluding hydrogens is 430 g/mol. The van der Waals surface area contributed by atoms with E-state index in [0.717, 1.165) is 29.2 Å². The van der Waals surface area contributed by atoms with E-state index in [1.807, 2.05) is 0 Å². The zero-order chi connectivity index (χ0) is 23.2. The second-order valence-corrected chi connectivity index (χ2v) is 7.38. The summed E-state index contributed by atoms with van der Waals surface area (Å²) in [5.74, 6) is -1.96. The fraction of sp³-hybridized carbons (Fsp3) is 0.238. The Hall–Kier alpha value is -3.76. The molecule has 0 saturated heterocycles. The van der Waals surface area contributed by atoms with E-state index in [9.17, 15) is 27.2 Å². The van der Waals surface area contributed by atoms with Crippen molar-refractivity contribution in [1.82, 2.24) is 14.8 Å². The summed E-state index contributed by atoms with van der Waals surface area (Å²) in [6.45, 7) is 2.58. The van der Waals surface area contributed by atoms with Gasteiger partial charge in [-0.05, 0) is 50.2 Å². The summed E-state index contributed by atoms with van der Waals surface area (Å²) in [5.41, 5.74) is 0.757. The number of rotatable bonds is 3. The molecule has 1 aromatic carbocycles. The lowest BCUT2D eigenvalue weighted by molar-refractivity contribution is -0.137. The molecule has 166 valence electrons. The molecule has 0 saturated carbocycles. The van der Waals surface area contributed by atoms with Crippen molar-refractivity contribution in [2.45, 2.75) is 26.6 Å². The zero-order valence-electron chi connectivity index (χ0n) is 17.0. The molecule has 32 heavy (non-hydrogen) atoms. The van der Waals surface area contributed by atoms with Crippen LogP contribution in [0.25, 0.3) is 11.3 Å². The normalized spacial score (nSPS) is 13.4. The molecule has 0 atom stereocenters. The van der Waals surface area contributed by atoms with Crippen molar-refractivity contribution in [3.8, 4) is 11.3 Å². The van der Waals surface area contributed by atoms with Crippen LogP contribution >= 0.6 is 0 Å². The van der Waals surface area contributed by atoms with E-state index in [1.165, 1.54) is 10.7 Å². The van der Waals surface area contributed by atoms with Crippen molar-refractivity contribution in [2.75, 3.05) is 16.8 Å². The number of halogens is 4. The zero-order valence-corrected chi connectivity index (χ0v) is 17.0. The maximum Gasteiger partial charge on any atom is 0.416 e. The van der Waals surface area contributed by atoms with Crippen LogP contribution in [0.1, 0.15) is 17.0 Å². The first-order valence-corrected chi connectivity index (χ1v) is 9.52. The summed E-state index contributed by atoms with van der Waals surface area (Å²) in [4.78, 5) is 30.5. The van der Waals surface area contributed by atoms with E-state index >= 15 is 0 Å². The van der Waals surface area contributed by atoms with E-state index in [2.05, 4.69) is 15.4 Å². The highest BCUT2D eigenvalue weighted by Crippen LogP contribution is 2.36. The first-order valence-electron chi connectivity index (χ1n) is 9.52. The molecule has 3 aromatic rings. The van der Waals surface area contributed by atoms with Gasteiger partial charge in [0, 0.05) is 11.4 Å². The monoisotopic (exact) mass is 447 g/mol. The number of hydrogen-bond donors (Lipinski definition) is 1. The highest BCUT2D eigenvalue weighted by molar-refractivity contribution is 6.05. The molecule has 0 bridgehead atoms. The van der Waals surface area contributed by atoms with Crippen LogP contribution in [0.2, 0.25) is 0 Å². The second kappa shape index (κ2) is 7.74.